The van der Waals surface area contributed by atoms with Gasteiger partial charge in [0, 0.05) is 6.42 Å². The Morgan fingerprint density at radius 2 is 2.10 bits per heavy atom. The second kappa shape index (κ2) is 9.42. The van der Waals surface area contributed by atoms with E-state index in [0.29, 0.717) is 6.61 Å². The van der Waals surface area contributed by atoms with Gasteiger partial charge in [-0.1, -0.05) is 32.6 Å². The summed E-state index contributed by atoms with van der Waals surface area (Å²) in [5, 5.41) is 3.17. The fourth-order valence-electron chi connectivity index (χ4n) is 3.16. The Hall–Kier alpha value is -0.610. The first-order valence-electron chi connectivity index (χ1n) is 8.59. The highest BCUT2D eigenvalue weighted by Crippen LogP contribution is 2.33. The number of carbonyl (C=O) groups excluding carboxylic acids is 1. The Balaban J connectivity index is 2.37. The van der Waals surface area contributed by atoms with Gasteiger partial charge in [0.25, 0.3) is 0 Å². The second-order valence-corrected chi connectivity index (χ2v) is 6.21. The summed E-state index contributed by atoms with van der Waals surface area (Å²) < 4.78 is 11.3. The molecule has 0 spiro atoms. The summed E-state index contributed by atoms with van der Waals surface area (Å²) in [6, 6.07) is 0. The number of nitrogens with one attached hydrogen (secondary N) is 1. The van der Waals surface area contributed by atoms with Crippen molar-refractivity contribution in [3.05, 3.63) is 0 Å². The van der Waals surface area contributed by atoms with Crippen molar-refractivity contribution >= 4 is 5.97 Å². The van der Waals surface area contributed by atoms with Crippen molar-refractivity contribution in [3.63, 3.8) is 0 Å². The van der Waals surface area contributed by atoms with E-state index in [2.05, 4.69) is 19.2 Å². The van der Waals surface area contributed by atoms with E-state index in [4.69, 9.17) is 9.47 Å². The summed E-state index contributed by atoms with van der Waals surface area (Å²) in [4.78, 5) is 12.1. The molecule has 0 aromatic rings. The molecule has 1 aliphatic carbocycles. The normalized spacial score (nSPS) is 26.8. The zero-order chi connectivity index (χ0) is 15.7. The van der Waals surface area contributed by atoms with E-state index in [9.17, 15) is 4.79 Å². The molecule has 0 aromatic carbocycles. The largest absolute Gasteiger partial charge is 0.465 e. The highest BCUT2D eigenvalue weighted by molar-refractivity contribution is 5.81. The summed E-state index contributed by atoms with van der Waals surface area (Å²) in [7, 11) is 1.84. The van der Waals surface area contributed by atoms with Crippen molar-refractivity contribution < 1.29 is 14.3 Å². The van der Waals surface area contributed by atoms with Crippen LogP contribution in [0.5, 0.6) is 0 Å². The first kappa shape index (κ1) is 18.4. The monoisotopic (exact) mass is 299 g/mol. The zero-order valence-electron chi connectivity index (χ0n) is 14.2. The molecule has 21 heavy (non-hydrogen) atoms. The van der Waals surface area contributed by atoms with Crippen molar-refractivity contribution in [1.29, 1.82) is 0 Å². The number of esters is 1. The highest BCUT2D eigenvalue weighted by Gasteiger charge is 2.46. The Morgan fingerprint density at radius 1 is 1.33 bits per heavy atom. The molecule has 1 N–H and O–H groups in total. The maximum atomic E-state index is 12.1. The number of hydrogen-bond acceptors (Lipinski definition) is 4. The Morgan fingerprint density at radius 3 is 2.71 bits per heavy atom. The Labute approximate surface area is 130 Å². The highest BCUT2D eigenvalue weighted by atomic mass is 16.5. The summed E-state index contributed by atoms with van der Waals surface area (Å²) in [5.74, 6) is -0.130. The van der Waals surface area contributed by atoms with E-state index in [1.807, 2.05) is 14.0 Å². The molecule has 1 fully saturated rings. The molecular formula is C17H33NO3. The first-order valence-corrected chi connectivity index (χ1v) is 8.59. The van der Waals surface area contributed by atoms with Crippen LogP contribution in [0.1, 0.15) is 72.1 Å². The molecule has 4 nitrogen and oxygen atoms in total. The van der Waals surface area contributed by atoms with Crippen LogP contribution in [-0.4, -0.2) is 37.4 Å². The van der Waals surface area contributed by atoms with Crippen LogP contribution in [0.15, 0.2) is 0 Å². The second-order valence-electron chi connectivity index (χ2n) is 6.21. The fraction of sp³-hybridized carbons (Fsp3) is 0.941. The minimum absolute atomic E-state index is 0.130. The molecule has 0 heterocycles. The predicted octanol–water partition coefficient (Wildman–Crippen LogP) is 3.44. The van der Waals surface area contributed by atoms with Crippen molar-refractivity contribution in [3.8, 4) is 0 Å². The van der Waals surface area contributed by atoms with Crippen LogP contribution in [0.4, 0.5) is 0 Å². The van der Waals surface area contributed by atoms with Gasteiger partial charge in [-0.2, -0.15) is 0 Å². The van der Waals surface area contributed by atoms with Crippen molar-refractivity contribution in [2.45, 2.75) is 89.9 Å². The van der Waals surface area contributed by atoms with Crippen molar-refractivity contribution in [1.82, 2.24) is 5.32 Å². The molecule has 4 heteroatoms. The molecule has 0 amide bonds. The number of unbranched alkanes of at least 4 members (excludes halogenated alkanes) is 3. The van der Waals surface area contributed by atoms with E-state index >= 15 is 0 Å². The topological polar surface area (TPSA) is 47.6 Å². The number of likely N-dealkylation sites (N-methyl/N-ethyl adjacent to an activating group) is 1. The van der Waals surface area contributed by atoms with E-state index in [0.717, 1.165) is 25.7 Å². The molecular weight excluding hydrogens is 266 g/mol. The van der Waals surface area contributed by atoms with Gasteiger partial charge in [-0.15, -0.1) is 0 Å². The molecule has 3 atom stereocenters. The third-order valence-electron chi connectivity index (χ3n) is 4.50. The molecule has 0 bridgehead atoms. The first-order chi connectivity index (χ1) is 10.1. The lowest BCUT2D eigenvalue weighted by Crippen LogP contribution is -2.49. The van der Waals surface area contributed by atoms with Crippen LogP contribution in [0.3, 0.4) is 0 Å². The summed E-state index contributed by atoms with van der Waals surface area (Å²) >= 11 is 0. The van der Waals surface area contributed by atoms with Crippen LogP contribution in [0, 0.1) is 0 Å². The van der Waals surface area contributed by atoms with Gasteiger partial charge < -0.3 is 14.8 Å². The van der Waals surface area contributed by atoms with E-state index in [1.54, 1.807) is 0 Å². The Kier molecular flexibility index (Phi) is 8.27. The predicted molar refractivity (Wildman–Crippen MR) is 85.4 cm³/mol. The average Bonchev–Trinajstić information content (AvgIpc) is 2.88. The van der Waals surface area contributed by atoms with Gasteiger partial charge in [-0.05, 0) is 40.2 Å². The van der Waals surface area contributed by atoms with Gasteiger partial charge in [0.05, 0.1) is 18.8 Å². The lowest BCUT2D eigenvalue weighted by molar-refractivity contribution is -0.151. The number of hydrogen-bond donors (Lipinski definition) is 1. The van der Waals surface area contributed by atoms with Crippen LogP contribution < -0.4 is 5.32 Å². The maximum Gasteiger partial charge on any atom is 0.326 e. The molecule has 0 aromatic heterocycles. The standard InChI is InChI=1S/C17H33NO3/c1-5-7-8-9-10-14(3)21-15-11-12-17(13-15,18-4)16(19)20-6-2/h14-15,18H,5-13H2,1-4H3. The van der Waals surface area contributed by atoms with Gasteiger partial charge in [0.1, 0.15) is 5.54 Å². The molecule has 0 aliphatic heterocycles. The van der Waals surface area contributed by atoms with Crippen LogP contribution in [0.25, 0.3) is 0 Å². The molecule has 0 saturated heterocycles. The van der Waals surface area contributed by atoms with E-state index in [-0.39, 0.29) is 18.2 Å². The average molecular weight is 299 g/mol. The molecule has 0 radical (unpaired) electrons. The third kappa shape index (κ3) is 5.59. The lowest BCUT2D eigenvalue weighted by Gasteiger charge is -2.27. The summed E-state index contributed by atoms with van der Waals surface area (Å²) in [6.07, 6.45) is 9.11. The number of carbonyl (C=O) groups is 1. The van der Waals surface area contributed by atoms with Crippen molar-refractivity contribution in [2.75, 3.05) is 13.7 Å². The third-order valence-corrected chi connectivity index (χ3v) is 4.50. The molecule has 3 unspecified atom stereocenters. The van der Waals surface area contributed by atoms with Crippen molar-refractivity contribution in [2.24, 2.45) is 0 Å². The molecule has 1 saturated carbocycles. The fourth-order valence-corrected chi connectivity index (χ4v) is 3.16. The van der Waals surface area contributed by atoms with Gasteiger partial charge in [0.15, 0.2) is 0 Å². The van der Waals surface area contributed by atoms with Crippen LogP contribution >= 0.6 is 0 Å². The maximum absolute atomic E-state index is 12.1. The van der Waals surface area contributed by atoms with Gasteiger partial charge in [0.2, 0.25) is 0 Å². The Bertz CT molecular complexity index is 308. The van der Waals surface area contributed by atoms with Gasteiger partial charge in [-0.25, -0.2) is 0 Å². The van der Waals surface area contributed by atoms with E-state index < -0.39 is 5.54 Å². The van der Waals surface area contributed by atoms with Crippen LogP contribution in [-0.2, 0) is 14.3 Å². The number of rotatable bonds is 10. The molecule has 1 rings (SSSR count). The molecule has 124 valence electrons. The minimum Gasteiger partial charge on any atom is -0.465 e. The number of ether oxygens (including phenoxy) is 2. The lowest BCUT2D eigenvalue weighted by atomic mass is 9.98. The summed E-state index contributed by atoms with van der Waals surface area (Å²) in [5.41, 5.74) is -0.539. The quantitative estimate of drug-likeness (QED) is 0.496. The SMILES string of the molecule is CCCCCCC(C)OC1CCC(NC)(C(=O)OCC)C1. The van der Waals surface area contributed by atoms with Gasteiger partial charge >= 0.3 is 5.97 Å². The summed E-state index contributed by atoms with van der Waals surface area (Å²) in [6.45, 7) is 6.66. The van der Waals surface area contributed by atoms with Crippen LogP contribution in [0.2, 0.25) is 0 Å². The molecule has 1 aliphatic rings. The minimum atomic E-state index is -0.539. The zero-order valence-corrected chi connectivity index (χ0v) is 14.2. The van der Waals surface area contributed by atoms with Gasteiger partial charge in [-0.3, -0.25) is 4.79 Å². The van der Waals surface area contributed by atoms with E-state index in [1.165, 1.54) is 25.7 Å². The smallest absolute Gasteiger partial charge is 0.326 e.